The van der Waals surface area contributed by atoms with Crippen LogP contribution in [0.2, 0.25) is 0 Å². The van der Waals surface area contributed by atoms with Crippen molar-refractivity contribution in [3.63, 3.8) is 0 Å². The molecule has 1 unspecified atom stereocenters. The maximum Gasteiger partial charge on any atom is 0.305 e. The fourth-order valence-electron chi connectivity index (χ4n) is 0.733. The molecular weight excluding hydrogens is 160 g/mol. The van der Waals surface area contributed by atoms with Gasteiger partial charge in [-0.05, 0) is 6.92 Å². The van der Waals surface area contributed by atoms with Gasteiger partial charge in [0.25, 0.3) is 0 Å². The van der Waals surface area contributed by atoms with Crippen molar-refractivity contribution in [3.05, 3.63) is 0 Å². The Bertz CT molecular complexity index is 146. The van der Waals surface area contributed by atoms with Crippen molar-refractivity contribution < 1.29 is 19.4 Å². The van der Waals surface area contributed by atoms with E-state index in [-0.39, 0.29) is 6.61 Å². The minimum atomic E-state index is -1.46. The molecule has 0 spiro atoms. The summed E-state index contributed by atoms with van der Waals surface area (Å²) in [5, 5.41) is 9.55. The quantitative estimate of drug-likeness (QED) is 0.494. The molecule has 0 aliphatic heterocycles. The van der Waals surface area contributed by atoms with Crippen molar-refractivity contribution in [1.29, 1.82) is 0 Å². The Balaban J connectivity index is 3.95. The third-order valence-electron chi connectivity index (χ3n) is 1.42. The Morgan fingerprint density at radius 3 is 2.42 bits per heavy atom. The molecule has 4 nitrogen and oxygen atoms in total. The van der Waals surface area contributed by atoms with Crippen molar-refractivity contribution in [3.8, 4) is 0 Å². The number of hydrogen-bond donors (Lipinski definition) is 1. The summed E-state index contributed by atoms with van der Waals surface area (Å²) < 4.78 is 9.64. The molecule has 0 heterocycles. The van der Waals surface area contributed by atoms with Crippen LogP contribution in [0.5, 0.6) is 0 Å². The summed E-state index contributed by atoms with van der Waals surface area (Å²) in [6.45, 7) is 5.31. The van der Waals surface area contributed by atoms with E-state index in [1.807, 2.05) is 6.92 Å². The first-order valence-electron chi connectivity index (χ1n) is 4.03. The molecule has 4 heteroatoms. The predicted octanol–water partition coefficient (Wildman–Crippen LogP) is 0.685. The highest BCUT2D eigenvalue weighted by Gasteiger charge is 2.28. The zero-order valence-electron chi connectivity index (χ0n) is 7.79. The van der Waals surface area contributed by atoms with Gasteiger partial charge >= 0.3 is 5.97 Å². The van der Waals surface area contributed by atoms with Crippen molar-refractivity contribution >= 4 is 5.97 Å². The van der Waals surface area contributed by atoms with Crippen LogP contribution in [0, 0.1) is 0 Å². The van der Waals surface area contributed by atoms with Crippen LogP contribution in [0.3, 0.4) is 0 Å². The second-order valence-corrected chi connectivity index (χ2v) is 2.53. The lowest BCUT2D eigenvalue weighted by Crippen LogP contribution is -2.38. The van der Waals surface area contributed by atoms with Gasteiger partial charge in [0.15, 0.2) is 0 Å². The van der Waals surface area contributed by atoms with Gasteiger partial charge in [-0.3, -0.25) is 4.79 Å². The molecule has 72 valence electrons. The molecule has 0 fully saturated rings. The number of esters is 1. The molecule has 0 saturated heterocycles. The molecule has 0 amide bonds. The lowest BCUT2D eigenvalue weighted by molar-refractivity contribution is -0.227. The molecule has 1 atom stereocenters. The van der Waals surface area contributed by atoms with Crippen LogP contribution >= 0.6 is 0 Å². The summed E-state index contributed by atoms with van der Waals surface area (Å²) in [6.07, 6.45) is 0.326. The van der Waals surface area contributed by atoms with E-state index in [2.05, 4.69) is 4.74 Å². The minimum Gasteiger partial charge on any atom is -0.431 e. The Morgan fingerprint density at radius 1 is 1.50 bits per heavy atom. The van der Waals surface area contributed by atoms with Gasteiger partial charge in [0.2, 0.25) is 5.79 Å². The smallest absolute Gasteiger partial charge is 0.305 e. The van der Waals surface area contributed by atoms with Crippen LogP contribution in [0.25, 0.3) is 0 Å². The van der Waals surface area contributed by atoms with Gasteiger partial charge in [0.05, 0.1) is 0 Å². The summed E-state index contributed by atoms with van der Waals surface area (Å²) >= 11 is 0. The van der Waals surface area contributed by atoms with Crippen LogP contribution < -0.4 is 0 Å². The van der Waals surface area contributed by atoms with Crippen LogP contribution in [0.1, 0.15) is 27.2 Å². The molecule has 0 aliphatic carbocycles. The average molecular weight is 176 g/mol. The number of hydrogen-bond acceptors (Lipinski definition) is 4. The molecule has 0 rings (SSSR count). The molecule has 0 aromatic rings. The molecule has 0 aromatic carbocycles. The molecule has 0 aromatic heterocycles. The maximum atomic E-state index is 10.5. The summed E-state index contributed by atoms with van der Waals surface area (Å²) in [6, 6.07) is 0. The fourth-order valence-corrected chi connectivity index (χ4v) is 0.733. The van der Waals surface area contributed by atoms with Crippen molar-refractivity contribution in [1.82, 2.24) is 0 Å². The molecule has 1 N–H and O–H groups in total. The Morgan fingerprint density at radius 2 is 2.08 bits per heavy atom. The van der Waals surface area contributed by atoms with Crippen molar-refractivity contribution in [2.75, 3.05) is 13.2 Å². The van der Waals surface area contributed by atoms with E-state index in [1.54, 1.807) is 6.92 Å². The summed E-state index contributed by atoms with van der Waals surface area (Å²) in [4.78, 5) is 10.5. The first-order chi connectivity index (χ1) is 5.54. The molecule has 12 heavy (non-hydrogen) atoms. The van der Waals surface area contributed by atoms with Crippen molar-refractivity contribution in [2.45, 2.75) is 33.0 Å². The van der Waals surface area contributed by atoms with Gasteiger partial charge in [-0.1, -0.05) is 6.92 Å². The summed E-state index contributed by atoms with van der Waals surface area (Å²) in [5.41, 5.74) is 0. The molecule has 0 radical (unpaired) electrons. The van der Waals surface area contributed by atoms with E-state index in [1.165, 1.54) is 6.92 Å². The average Bonchev–Trinajstić information content (AvgIpc) is 2.00. The third kappa shape index (κ3) is 4.31. The zero-order valence-corrected chi connectivity index (χ0v) is 7.79. The summed E-state index contributed by atoms with van der Waals surface area (Å²) in [7, 11) is 0. The Hall–Kier alpha value is -0.610. The number of aliphatic hydroxyl groups is 1. The van der Waals surface area contributed by atoms with Gasteiger partial charge in [0, 0.05) is 20.0 Å². The second kappa shape index (κ2) is 5.11. The lowest BCUT2D eigenvalue weighted by atomic mass is 10.2. The molecule has 0 bridgehead atoms. The predicted molar refractivity (Wildman–Crippen MR) is 43.5 cm³/mol. The number of carbonyl (C=O) groups is 1. The first-order valence-corrected chi connectivity index (χ1v) is 4.03. The maximum absolute atomic E-state index is 10.5. The van der Waals surface area contributed by atoms with E-state index in [0.717, 1.165) is 0 Å². The second-order valence-electron chi connectivity index (χ2n) is 2.53. The highest BCUT2D eigenvalue weighted by atomic mass is 16.7. The number of ether oxygens (including phenoxy) is 2. The largest absolute Gasteiger partial charge is 0.431 e. The standard InChI is InChI=1S/C8H16O4/c1-4-8(10,6-11-5-2)12-7(3)9/h10H,4-6H2,1-3H3. The van der Waals surface area contributed by atoms with Crippen LogP contribution in [0.4, 0.5) is 0 Å². The van der Waals surface area contributed by atoms with Crippen LogP contribution in [-0.2, 0) is 14.3 Å². The molecule has 0 aliphatic rings. The first kappa shape index (κ1) is 11.4. The topological polar surface area (TPSA) is 55.8 Å². The monoisotopic (exact) mass is 176 g/mol. The Kier molecular flexibility index (Phi) is 4.85. The van der Waals surface area contributed by atoms with Gasteiger partial charge in [0.1, 0.15) is 6.61 Å². The minimum absolute atomic E-state index is 0.0274. The molecule has 0 saturated carbocycles. The van der Waals surface area contributed by atoms with E-state index in [4.69, 9.17) is 4.74 Å². The third-order valence-corrected chi connectivity index (χ3v) is 1.42. The Labute approximate surface area is 72.5 Å². The van der Waals surface area contributed by atoms with Gasteiger partial charge < -0.3 is 14.6 Å². The van der Waals surface area contributed by atoms with Crippen LogP contribution in [-0.4, -0.2) is 30.1 Å². The zero-order chi connectivity index (χ0) is 9.61. The summed E-state index contributed by atoms with van der Waals surface area (Å²) in [5.74, 6) is -1.96. The van der Waals surface area contributed by atoms with E-state index >= 15 is 0 Å². The highest BCUT2D eigenvalue weighted by molar-refractivity contribution is 5.66. The van der Waals surface area contributed by atoms with E-state index in [9.17, 15) is 9.90 Å². The molecular formula is C8H16O4. The van der Waals surface area contributed by atoms with Gasteiger partial charge in [-0.15, -0.1) is 0 Å². The van der Waals surface area contributed by atoms with E-state index in [0.29, 0.717) is 13.0 Å². The normalized spacial score (nSPS) is 15.3. The fraction of sp³-hybridized carbons (Fsp3) is 0.875. The lowest BCUT2D eigenvalue weighted by Gasteiger charge is -2.25. The van der Waals surface area contributed by atoms with Crippen molar-refractivity contribution in [2.24, 2.45) is 0 Å². The number of carbonyl (C=O) groups excluding carboxylic acids is 1. The van der Waals surface area contributed by atoms with Crippen LogP contribution in [0.15, 0.2) is 0 Å². The van der Waals surface area contributed by atoms with Gasteiger partial charge in [-0.25, -0.2) is 0 Å². The highest BCUT2D eigenvalue weighted by Crippen LogP contribution is 2.12. The SMILES string of the molecule is CCOCC(O)(CC)OC(C)=O. The number of rotatable bonds is 5. The van der Waals surface area contributed by atoms with E-state index < -0.39 is 11.8 Å². The van der Waals surface area contributed by atoms with Gasteiger partial charge in [-0.2, -0.15) is 0 Å².